The minimum absolute atomic E-state index is 0.277. The van der Waals surface area contributed by atoms with E-state index in [-0.39, 0.29) is 5.91 Å². The van der Waals surface area contributed by atoms with Crippen LogP contribution in [0.25, 0.3) is 22.7 Å². The van der Waals surface area contributed by atoms with Crippen molar-refractivity contribution in [2.75, 3.05) is 11.9 Å². The summed E-state index contributed by atoms with van der Waals surface area (Å²) >= 11 is 6.17. The molecule has 140 valence electrons. The van der Waals surface area contributed by atoms with Gasteiger partial charge in [0.2, 0.25) is 5.89 Å². The fourth-order valence-electron chi connectivity index (χ4n) is 2.74. The van der Waals surface area contributed by atoms with Crippen molar-refractivity contribution in [2.45, 2.75) is 6.92 Å². The summed E-state index contributed by atoms with van der Waals surface area (Å²) in [6.07, 6.45) is 1.66. The quantitative estimate of drug-likeness (QED) is 0.504. The minimum atomic E-state index is -0.277. The molecule has 0 fully saturated rings. The minimum Gasteiger partial charge on any atom is -0.492 e. The molecule has 2 heterocycles. The van der Waals surface area contributed by atoms with E-state index in [2.05, 4.69) is 15.3 Å². The fourth-order valence-corrected chi connectivity index (χ4v) is 2.98. The van der Waals surface area contributed by atoms with Crippen molar-refractivity contribution >= 4 is 34.4 Å². The number of hydrogen-bond donors (Lipinski definition) is 1. The van der Waals surface area contributed by atoms with Crippen LogP contribution in [0.15, 0.2) is 65.2 Å². The third kappa shape index (κ3) is 3.68. The molecule has 2 aromatic heterocycles. The number of anilines is 1. The maximum atomic E-state index is 12.6. The number of pyridine rings is 1. The summed E-state index contributed by atoms with van der Waals surface area (Å²) in [4.78, 5) is 21.1. The summed E-state index contributed by atoms with van der Waals surface area (Å²) in [6.45, 7) is 2.38. The van der Waals surface area contributed by atoms with E-state index < -0.39 is 0 Å². The smallest absolute Gasteiger partial charge is 0.255 e. The summed E-state index contributed by atoms with van der Waals surface area (Å²) in [7, 11) is 0. The highest BCUT2D eigenvalue weighted by atomic mass is 35.5. The normalized spacial score (nSPS) is 10.8. The number of amides is 1. The SMILES string of the molecule is CCOc1ccc(C(=O)Nc2cccc(-c3nc4ncccc4o3)c2)cc1Cl. The van der Waals surface area contributed by atoms with E-state index in [1.807, 2.05) is 19.1 Å². The van der Waals surface area contributed by atoms with Crippen molar-refractivity contribution in [3.63, 3.8) is 0 Å². The van der Waals surface area contributed by atoms with E-state index in [1.54, 1.807) is 48.7 Å². The molecule has 2 aromatic carbocycles. The number of benzene rings is 2. The number of nitrogens with one attached hydrogen (secondary N) is 1. The number of ether oxygens (including phenoxy) is 1. The second-order valence-corrected chi connectivity index (χ2v) is 6.36. The first kappa shape index (κ1) is 18.0. The molecule has 0 aliphatic heterocycles. The lowest BCUT2D eigenvalue weighted by molar-refractivity contribution is 0.102. The average molecular weight is 394 g/mol. The van der Waals surface area contributed by atoms with E-state index >= 15 is 0 Å². The molecule has 1 N–H and O–H groups in total. The molecule has 7 heteroatoms. The zero-order chi connectivity index (χ0) is 19.5. The summed E-state index contributed by atoms with van der Waals surface area (Å²) < 4.78 is 11.1. The topological polar surface area (TPSA) is 77.2 Å². The highest BCUT2D eigenvalue weighted by Gasteiger charge is 2.12. The van der Waals surface area contributed by atoms with Crippen LogP contribution >= 0.6 is 11.6 Å². The van der Waals surface area contributed by atoms with Crippen LogP contribution in [-0.4, -0.2) is 22.5 Å². The van der Waals surface area contributed by atoms with Gasteiger partial charge in [0.1, 0.15) is 5.75 Å². The van der Waals surface area contributed by atoms with Gasteiger partial charge in [0, 0.05) is 23.0 Å². The van der Waals surface area contributed by atoms with Crippen LogP contribution < -0.4 is 10.1 Å². The second kappa shape index (κ2) is 7.70. The number of carbonyl (C=O) groups excluding carboxylic acids is 1. The first-order valence-electron chi connectivity index (χ1n) is 8.70. The monoisotopic (exact) mass is 393 g/mol. The number of fused-ring (bicyclic) bond motifs is 1. The molecular formula is C21H16ClN3O3. The van der Waals surface area contributed by atoms with E-state index in [4.69, 9.17) is 20.8 Å². The highest BCUT2D eigenvalue weighted by molar-refractivity contribution is 6.32. The van der Waals surface area contributed by atoms with Crippen LogP contribution in [0.5, 0.6) is 5.75 Å². The van der Waals surface area contributed by atoms with Crippen LogP contribution in [-0.2, 0) is 0 Å². The largest absolute Gasteiger partial charge is 0.492 e. The van der Waals surface area contributed by atoms with Gasteiger partial charge in [0.15, 0.2) is 11.2 Å². The Morgan fingerprint density at radius 1 is 1.18 bits per heavy atom. The molecule has 28 heavy (non-hydrogen) atoms. The zero-order valence-electron chi connectivity index (χ0n) is 15.0. The standard InChI is InChI=1S/C21H16ClN3O3/c1-2-27-17-9-8-13(12-16(17)22)20(26)24-15-6-3-5-14(11-15)21-25-19-18(28-21)7-4-10-23-19/h3-12H,2H2,1H3,(H,24,26). The van der Waals surface area contributed by atoms with Crippen molar-refractivity contribution < 1.29 is 13.9 Å². The van der Waals surface area contributed by atoms with Crippen molar-refractivity contribution in [1.29, 1.82) is 0 Å². The van der Waals surface area contributed by atoms with Crippen LogP contribution in [0.2, 0.25) is 5.02 Å². The third-order valence-corrected chi connectivity index (χ3v) is 4.32. The van der Waals surface area contributed by atoms with E-state index in [1.165, 1.54) is 0 Å². The number of oxazole rings is 1. The predicted molar refractivity (Wildman–Crippen MR) is 108 cm³/mol. The molecule has 4 aromatic rings. The molecule has 0 aliphatic carbocycles. The molecule has 0 bridgehead atoms. The van der Waals surface area contributed by atoms with Gasteiger partial charge in [0.05, 0.1) is 11.6 Å². The van der Waals surface area contributed by atoms with Crippen LogP contribution in [0.3, 0.4) is 0 Å². The predicted octanol–water partition coefficient (Wildman–Crippen LogP) is 5.19. The Kier molecular flexibility index (Phi) is 4.95. The molecule has 0 unspecified atom stereocenters. The lowest BCUT2D eigenvalue weighted by Gasteiger charge is -2.09. The number of rotatable bonds is 5. The summed E-state index contributed by atoms with van der Waals surface area (Å²) in [5.41, 5.74) is 2.93. The molecule has 0 saturated heterocycles. The molecule has 0 saturated carbocycles. The first-order chi connectivity index (χ1) is 13.6. The Labute approximate surface area is 166 Å². The molecule has 0 spiro atoms. The molecular weight excluding hydrogens is 378 g/mol. The molecule has 1 amide bonds. The first-order valence-corrected chi connectivity index (χ1v) is 9.07. The third-order valence-electron chi connectivity index (χ3n) is 4.03. The van der Waals surface area contributed by atoms with Crippen LogP contribution in [0, 0.1) is 0 Å². The molecule has 4 rings (SSSR count). The molecule has 0 radical (unpaired) electrons. The van der Waals surface area contributed by atoms with E-state index in [9.17, 15) is 4.79 Å². The Morgan fingerprint density at radius 3 is 2.86 bits per heavy atom. The maximum absolute atomic E-state index is 12.6. The van der Waals surface area contributed by atoms with Gasteiger partial charge >= 0.3 is 0 Å². The van der Waals surface area contributed by atoms with Gasteiger partial charge in [-0.05, 0) is 55.5 Å². The Bertz CT molecular complexity index is 1120. The summed E-state index contributed by atoms with van der Waals surface area (Å²) in [5, 5.41) is 3.25. The number of aromatic nitrogens is 2. The zero-order valence-corrected chi connectivity index (χ0v) is 15.7. The summed E-state index contributed by atoms with van der Waals surface area (Å²) in [5.74, 6) is 0.711. The van der Waals surface area contributed by atoms with Gasteiger partial charge in [-0.15, -0.1) is 0 Å². The molecule has 0 atom stereocenters. The van der Waals surface area contributed by atoms with Gasteiger partial charge in [-0.3, -0.25) is 4.79 Å². The van der Waals surface area contributed by atoms with Crippen LogP contribution in [0.4, 0.5) is 5.69 Å². The van der Waals surface area contributed by atoms with Crippen LogP contribution in [0.1, 0.15) is 17.3 Å². The number of carbonyl (C=O) groups is 1. The second-order valence-electron chi connectivity index (χ2n) is 5.96. The fraction of sp³-hybridized carbons (Fsp3) is 0.0952. The van der Waals surface area contributed by atoms with Crippen molar-refractivity contribution in [1.82, 2.24) is 9.97 Å². The summed E-state index contributed by atoms with van der Waals surface area (Å²) in [6, 6.07) is 15.8. The number of halogens is 1. The average Bonchev–Trinajstić information content (AvgIpc) is 3.14. The highest BCUT2D eigenvalue weighted by Crippen LogP contribution is 2.27. The maximum Gasteiger partial charge on any atom is 0.255 e. The van der Waals surface area contributed by atoms with Gasteiger partial charge in [-0.2, -0.15) is 4.98 Å². The number of nitrogens with zero attached hydrogens (tertiary/aromatic N) is 2. The van der Waals surface area contributed by atoms with Gasteiger partial charge < -0.3 is 14.5 Å². The Balaban J connectivity index is 1.56. The number of hydrogen-bond acceptors (Lipinski definition) is 5. The van der Waals surface area contributed by atoms with E-state index in [0.29, 0.717) is 45.8 Å². The Hall–Kier alpha value is -3.38. The van der Waals surface area contributed by atoms with Gasteiger partial charge in [0.25, 0.3) is 5.91 Å². The molecule has 6 nitrogen and oxygen atoms in total. The van der Waals surface area contributed by atoms with Gasteiger partial charge in [-0.1, -0.05) is 17.7 Å². The van der Waals surface area contributed by atoms with Gasteiger partial charge in [-0.25, -0.2) is 4.98 Å². The lowest BCUT2D eigenvalue weighted by atomic mass is 10.1. The van der Waals surface area contributed by atoms with E-state index in [0.717, 1.165) is 5.56 Å². The van der Waals surface area contributed by atoms with Crippen molar-refractivity contribution in [3.05, 3.63) is 71.4 Å². The van der Waals surface area contributed by atoms with Crippen molar-refractivity contribution in [2.24, 2.45) is 0 Å². The lowest BCUT2D eigenvalue weighted by Crippen LogP contribution is -2.12. The Morgan fingerprint density at radius 2 is 2.07 bits per heavy atom. The van der Waals surface area contributed by atoms with Crippen molar-refractivity contribution in [3.8, 4) is 17.2 Å². The molecule has 0 aliphatic rings.